The molecule has 6 nitrogen and oxygen atoms in total. The quantitative estimate of drug-likeness (QED) is 0.383. The molecule has 78 valence electrons. The Hall–Kier alpha value is -0.240. The lowest BCUT2D eigenvalue weighted by Gasteiger charge is -2.39. The molecule has 0 unspecified atom stereocenters. The van der Waals surface area contributed by atoms with Gasteiger partial charge in [-0.05, 0) is 0 Å². The first kappa shape index (κ1) is 10.8. The van der Waals surface area contributed by atoms with Crippen molar-refractivity contribution in [2.45, 2.75) is 30.6 Å². The van der Waals surface area contributed by atoms with Gasteiger partial charge in [-0.3, -0.25) is 0 Å². The Bertz CT molecular complexity index is 147. The zero-order chi connectivity index (χ0) is 10.0. The van der Waals surface area contributed by atoms with E-state index < -0.39 is 30.6 Å². The van der Waals surface area contributed by atoms with Crippen molar-refractivity contribution in [3.8, 4) is 0 Å². The van der Waals surface area contributed by atoms with Crippen LogP contribution in [0.2, 0.25) is 0 Å². The molecule has 6 heteroatoms. The van der Waals surface area contributed by atoms with Gasteiger partial charge in [0.1, 0.15) is 18.3 Å². The highest BCUT2D eigenvalue weighted by Crippen LogP contribution is 2.19. The fourth-order valence-electron chi connectivity index (χ4n) is 1.31. The topological polar surface area (TPSA) is 105 Å². The van der Waals surface area contributed by atoms with Gasteiger partial charge in [0.25, 0.3) is 0 Å². The first-order chi connectivity index (χ1) is 6.11. The van der Waals surface area contributed by atoms with E-state index in [1.165, 1.54) is 7.11 Å². The average Bonchev–Trinajstić information content (AvgIpc) is 2.15. The van der Waals surface area contributed by atoms with Gasteiger partial charge in [-0.2, -0.15) is 0 Å². The lowest BCUT2D eigenvalue weighted by Crippen LogP contribution is -2.62. The van der Waals surface area contributed by atoms with E-state index in [0.717, 1.165) is 0 Å². The van der Waals surface area contributed by atoms with Crippen molar-refractivity contribution in [3.05, 3.63) is 0 Å². The summed E-state index contributed by atoms with van der Waals surface area (Å²) in [4.78, 5) is 0. The summed E-state index contributed by atoms with van der Waals surface area (Å²) >= 11 is 0. The average molecular weight is 193 g/mol. The van der Waals surface area contributed by atoms with Gasteiger partial charge in [0.15, 0.2) is 6.29 Å². The molecule has 5 N–H and O–H groups in total. The lowest BCUT2D eigenvalue weighted by molar-refractivity contribution is -0.268. The Morgan fingerprint density at radius 2 is 2.00 bits per heavy atom. The summed E-state index contributed by atoms with van der Waals surface area (Å²) in [6.07, 6.45) is -3.96. The Labute approximate surface area is 75.9 Å². The number of hydrogen-bond donors (Lipinski definition) is 4. The van der Waals surface area contributed by atoms with Gasteiger partial charge in [0.05, 0.1) is 12.6 Å². The van der Waals surface area contributed by atoms with Crippen molar-refractivity contribution in [2.24, 2.45) is 5.73 Å². The highest BCUT2D eigenvalue weighted by atomic mass is 16.7. The normalized spacial score (nSPS) is 46.4. The monoisotopic (exact) mass is 193 g/mol. The fraction of sp³-hybridized carbons (Fsp3) is 1.00. The SMILES string of the molecule is CO[C@@H]1O[C@H](CO)[C@@H](N)[C@H](O)[C@H]1O. The molecule has 1 rings (SSSR count). The summed E-state index contributed by atoms with van der Waals surface area (Å²) in [6, 6.07) is -0.800. The van der Waals surface area contributed by atoms with Crippen molar-refractivity contribution in [1.82, 2.24) is 0 Å². The molecule has 0 saturated carbocycles. The third-order valence-corrected chi connectivity index (χ3v) is 2.17. The van der Waals surface area contributed by atoms with Crippen molar-refractivity contribution in [2.75, 3.05) is 13.7 Å². The first-order valence-electron chi connectivity index (χ1n) is 4.02. The molecule has 1 heterocycles. The zero-order valence-electron chi connectivity index (χ0n) is 7.33. The van der Waals surface area contributed by atoms with Crippen LogP contribution in [0, 0.1) is 0 Å². The Balaban J connectivity index is 2.66. The molecule has 0 bridgehead atoms. The summed E-state index contributed by atoms with van der Waals surface area (Å²) in [5.41, 5.74) is 5.49. The maximum atomic E-state index is 9.40. The molecule has 13 heavy (non-hydrogen) atoms. The van der Waals surface area contributed by atoms with E-state index in [-0.39, 0.29) is 6.61 Å². The Morgan fingerprint density at radius 1 is 1.38 bits per heavy atom. The molecule has 1 aliphatic rings. The molecule has 5 atom stereocenters. The van der Waals surface area contributed by atoms with Crippen LogP contribution in [0.25, 0.3) is 0 Å². The molecule has 1 fully saturated rings. The molecule has 0 aromatic rings. The van der Waals surface area contributed by atoms with Crippen LogP contribution in [0.15, 0.2) is 0 Å². The summed E-state index contributed by atoms with van der Waals surface area (Å²) < 4.78 is 9.83. The second-order valence-corrected chi connectivity index (χ2v) is 3.02. The van der Waals surface area contributed by atoms with Gasteiger partial charge < -0.3 is 30.5 Å². The van der Waals surface area contributed by atoms with Crippen LogP contribution < -0.4 is 5.73 Å². The highest BCUT2D eigenvalue weighted by molar-refractivity contribution is 4.91. The molecule has 0 radical (unpaired) electrons. The second-order valence-electron chi connectivity index (χ2n) is 3.02. The van der Waals surface area contributed by atoms with Crippen molar-refractivity contribution in [1.29, 1.82) is 0 Å². The van der Waals surface area contributed by atoms with Crippen molar-refractivity contribution in [3.63, 3.8) is 0 Å². The molecule has 0 aromatic heterocycles. The highest BCUT2D eigenvalue weighted by Gasteiger charge is 2.42. The van der Waals surface area contributed by atoms with Crippen LogP contribution in [0.1, 0.15) is 0 Å². The zero-order valence-corrected chi connectivity index (χ0v) is 7.33. The van der Waals surface area contributed by atoms with E-state index in [1.54, 1.807) is 0 Å². The third-order valence-electron chi connectivity index (χ3n) is 2.17. The summed E-state index contributed by atoms with van der Waals surface area (Å²) in [6.45, 7) is -0.315. The molecular weight excluding hydrogens is 178 g/mol. The minimum absolute atomic E-state index is 0.315. The second kappa shape index (κ2) is 4.32. The van der Waals surface area contributed by atoms with E-state index in [4.69, 9.17) is 20.3 Å². The largest absolute Gasteiger partial charge is 0.394 e. The number of hydrogen-bond acceptors (Lipinski definition) is 6. The van der Waals surface area contributed by atoms with Crippen LogP contribution in [0.5, 0.6) is 0 Å². The van der Waals surface area contributed by atoms with Gasteiger partial charge >= 0.3 is 0 Å². The van der Waals surface area contributed by atoms with Crippen LogP contribution in [-0.2, 0) is 9.47 Å². The summed E-state index contributed by atoms with van der Waals surface area (Å²) in [5, 5.41) is 27.6. The molecule has 1 saturated heterocycles. The Kier molecular flexibility index (Phi) is 3.60. The predicted molar refractivity (Wildman–Crippen MR) is 42.7 cm³/mol. The smallest absolute Gasteiger partial charge is 0.186 e. The van der Waals surface area contributed by atoms with Crippen LogP contribution in [-0.4, -0.2) is 59.7 Å². The fourth-order valence-corrected chi connectivity index (χ4v) is 1.31. The first-order valence-corrected chi connectivity index (χ1v) is 4.02. The minimum Gasteiger partial charge on any atom is -0.394 e. The molecular formula is C7H15NO5. The molecule has 1 aliphatic heterocycles. The number of rotatable bonds is 2. The number of aliphatic hydroxyl groups is 3. The lowest BCUT2D eigenvalue weighted by atomic mass is 9.97. The molecule has 0 spiro atoms. The molecule has 0 aromatic carbocycles. The van der Waals surface area contributed by atoms with Gasteiger partial charge in [-0.15, -0.1) is 0 Å². The minimum atomic E-state index is -1.18. The van der Waals surface area contributed by atoms with E-state index in [0.29, 0.717) is 0 Å². The third kappa shape index (κ3) is 1.98. The van der Waals surface area contributed by atoms with E-state index in [9.17, 15) is 10.2 Å². The molecule has 0 amide bonds. The number of ether oxygens (including phenoxy) is 2. The van der Waals surface area contributed by atoms with Crippen molar-refractivity contribution >= 4 is 0 Å². The van der Waals surface area contributed by atoms with Gasteiger partial charge in [0.2, 0.25) is 0 Å². The standard InChI is InChI=1S/C7H15NO5/c1-12-7-6(11)5(10)4(8)3(2-9)13-7/h3-7,9-11H,2,8H2,1H3/t3-,4-,5+,6-,7-/m1/s1. The predicted octanol–water partition coefficient (Wildman–Crippen LogP) is -2.60. The number of methoxy groups -OCH3 is 1. The maximum absolute atomic E-state index is 9.40. The van der Waals surface area contributed by atoms with Gasteiger partial charge in [-0.25, -0.2) is 0 Å². The number of nitrogens with two attached hydrogens (primary N) is 1. The van der Waals surface area contributed by atoms with Crippen LogP contribution >= 0.6 is 0 Å². The van der Waals surface area contributed by atoms with Crippen LogP contribution in [0.4, 0.5) is 0 Å². The summed E-state index contributed by atoms with van der Waals surface area (Å²) in [5.74, 6) is 0. The molecule has 0 aliphatic carbocycles. The number of aliphatic hydroxyl groups excluding tert-OH is 3. The van der Waals surface area contributed by atoms with Crippen LogP contribution in [0.3, 0.4) is 0 Å². The van der Waals surface area contributed by atoms with E-state index >= 15 is 0 Å². The maximum Gasteiger partial charge on any atom is 0.186 e. The van der Waals surface area contributed by atoms with Gasteiger partial charge in [0, 0.05) is 7.11 Å². The van der Waals surface area contributed by atoms with E-state index in [2.05, 4.69) is 0 Å². The van der Waals surface area contributed by atoms with Crippen molar-refractivity contribution < 1.29 is 24.8 Å². The Morgan fingerprint density at radius 3 is 2.46 bits per heavy atom. The van der Waals surface area contributed by atoms with E-state index in [1.807, 2.05) is 0 Å². The summed E-state index contributed by atoms with van der Waals surface area (Å²) in [7, 11) is 1.34. The van der Waals surface area contributed by atoms with Gasteiger partial charge in [-0.1, -0.05) is 0 Å².